The van der Waals surface area contributed by atoms with Crippen molar-refractivity contribution < 1.29 is 19.1 Å². The molecule has 1 unspecified atom stereocenters. The molecule has 5 rings (SSSR count). The molecule has 2 amide bonds. The summed E-state index contributed by atoms with van der Waals surface area (Å²) in [5.41, 5.74) is 2.33. The predicted octanol–water partition coefficient (Wildman–Crippen LogP) is 3.28. The highest BCUT2D eigenvalue weighted by molar-refractivity contribution is 6.01. The number of benzene rings is 1. The highest BCUT2D eigenvalue weighted by Gasteiger charge is 2.39. The fraction of sp³-hybridized carbons (Fsp3) is 0.615. The number of amides is 2. The maximum atomic E-state index is 13.0. The SMILES string of the molecule is C=C1CCC(N2Cc3cc(O[C@@H]4CCCC[C@H]4N[C@@H]4CCC[C@H]4OC)ccc3C2=O)C(=O)N1. The molecule has 0 aromatic heterocycles. The first kappa shape index (κ1) is 22.4. The molecule has 33 heavy (non-hydrogen) atoms. The molecule has 2 saturated carbocycles. The number of piperidine rings is 1. The molecule has 0 spiro atoms. The maximum Gasteiger partial charge on any atom is 0.255 e. The second kappa shape index (κ2) is 9.47. The minimum atomic E-state index is -0.438. The average Bonchev–Trinajstić information content (AvgIpc) is 3.39. The van der Waals surface area contributed by atoms with Gasteiger partial charge < -0.3 is 25.0 Å². The fourth-order valence-corrected chi connectivity index (χ4v) is 5.98. The number of fused-ring (bicyclic) bond motifs is 1. The number of carbonyl (C=O) groups is 2. The van der Waals surface area contributed by atoms with E-state index in [-0.39, 0.29) is 17.9 Å². The Kier molecular flexibility index (Phi) is 6.43. The van der Waals surface area contributed by atoms with Gasteiger partial charge in [-0.15, -0.1) is 0 Å². The molecule has 178 valence electrons. The molecule has 5 atom stereocenters. The minimum Gasteiger partial charge on any atom is -0.489 e. The van der Waals surface area contributed by atoms with Crippen LogP contribution in [-0.2, 0) is 16.1 Å². The lowest BCUT2D eigenvalue weighted by atomic mass is 9.91. The van der Waals surface area contributed by atoms with Crippen molar-refractivity contribution in [2.45, 2.75) is 94.7 Å². The zero-order valence-corrected chi connectivity index (χ0v) is 19.5. The summed E-state index contributed by atoms with van der Waals surface area (Å²) >= 11 is 0. The zero-order chi connectivity index (χ0) is 22.9. The topological polar surface area (TPSA) is 79.9 Å². The molecule has 1 aromatic carbocycles. The van der Waals surface area contributed by atoms with E-state index in [4.69, 9.17) is 9.47 Å². The van der Waals surface area contributed by atoms with Crippen LogP contribution in [0.15, 0.2) is 30.5 Å². The zero-order valence-electron chi connectivity index (χ0n) is 19.5. The van der Waals surface area contributed by atoms with Crippen LogP contribution >= 0.6 is 0 Å². The molecule has 7 heteroatoms. The molecule has 2 N–H and O–H groups in total. The van der Waals surface area contributed by atoms with Crippen molar-refractivity contribution in [2.75, 3.05) is 7.11 Å². The molecule has 2 aliphatic heterocycles. The van der Waals surface area contributed by atoms with Crippen molar-refractivity contribution in [1.82, 2.24) is 15.5 Å². The Morgan fingerprint density at radius 2 is 1.79 bits per heavy atom. The lowest BCUT2D eigenvalue weighted by Crippen LogP contribution is -2.51. The van der Waals surface area contributed by atoms with Crippen LogP contribution < -0.4 is 15.4 Å². The minimum absolute atomic E-state index is 0.0757. The third-order valence-corrected chi connectivity index (χ3v) is 7.78. The molecule has 1 saturated heterocycles. The van der Waals surface area contributed by atoms with Gasteiger partial charge in [-0.25, -0.2) is 0 Å². The second-order valence-corrected chi connectivity index (χ2v) is 9.92. The number of ether oxygens (including phenoxy) is 2. The van der Waals surface area contributed by atoms with E-state index < -0.39 is 6.04 Å². The number of nitrogens with one attached hydrogen (secondary N) is 2. The van der Waals surface area contributed by atoms with Gasteiger partial charge in [0.2, 0.25) is 5.91 Å². The molecule has 2 heterocycles. The fourth-order valence-electron chi connectivity index (χ4n) is 5.98. The first-order valence-corrected chi connectivity index (χ1v) is 12.4. The van der Waals surface area contributed by atoms with E-state index in [2.05, 4.69) is 17.2 Å². The van der Waals surface area contributed by atoms with E-state index in [0.717, 1.165) is 42.7 Å². The molecule has 0 radical (unpaired) electrons. The number of allylic oxidation sites excluding steroid dienone is 1. The lowest BCUT2D eigenvalue weighted by molar-refractivity contribution is -0.126. The summed E-state index contributed by atoms with van der Waals surface area (Å²) < 4.78 is 12.2. The Morgan fingerprint density at radius 3 is 2.61 bits per heavy atom. The highest BCUT2D eigenvalue weighted by atomic mass is 16.5. The highest BCUT2D eigenvalue weighted by Crippen LogP contribution is 2.33. The van der Waals surface area contributed by atoms with Crippen molar-refractivity contribution in [3.63, 3.8) is 0 Å². The van der Waals surface area contributed by atoms with Gasteiger partial charge in [0.05, 0.1) is 6.10 Å². The van der Waals surface area contributed by atoms with Crippen molar-refractivity contribution in [2.24, 2.45) is 0 Å². The van der Waals surface area contributed by atoms with E-state index in [1.54, 1.807) is 4.90 Å². The van der Waals surface area contributed by atoms with E-state index in [1.165, 1.54) is 19.3 Å². The maximum absolute atomic E-state index is 13.0. The smallest absolute Gasteiger partial charge is 0.255 e. The molecule has 3 fully saturated rings. The van der Waals surface area contributed by atoms with Crippen molar-refractivity contribution in [3.8, 4) is 5.75 Å². The van der Waals surface area contributed by atoms with Gasteiger partial charge in [0.1, 0.15) is 17.9 Å². The Labute approximate surface area is 195 Å². The second-order valence-electron chi connectivity index (χ2n) is 9.92. The monoisotopic (exact) mass is 453 g/mol. The number of hydrogen-bond acceptors (Lipinski definition) is 5. The summed E-state index contributed by atoms with van der Waals surface area (Å²) in [5.74, 6) is 0.591. The van der Waals surface area contributed by atoms with Gasteiger partial charge in [-0.2, -0.15) is 0 Å². The number of nitrogens with zero attached hydrogens (tertiary/aromatic N) is 1. The van der Waals surface area contributed by atoms with Crippen molar-refractivity contribution in [3.05, 3.63) is 41.6 Å². The normalized spacial score (nSPS) is 32.1. The van der Waals surface area contributed by atoms with Crippen LogP contribution in [0.2, 0.25) is 0 Å². The Bertz CT molecular complexity index is 932. The van der Waals surface area contributed by atoms with Gasteiger partial charge >= 0.3 is 0 Å². The van der Waals surface area contributed by atoms with Crippen LogP contribution in [0.3, 0.4) is 0 Å². The molecule has 1 aromatic rings. The van der Waals surface area contributed by atoms with Crippen LogP contribution in [0.5, 0.6) is 5.75 Å². The number of methoxy groups -OCH3 is 1. The third kappa shape index (κ3) is 4.53. The Balaban J connectivity index is 1.26. The quantitative estimate of drug-likeness (QED) is 0.691. The molecule has 2 aliphatic carbocycles. The summed E-state index contributed by atoms with van der Waals surface area (Å²) in [6.45, 7) is 4.28. The largest absolute Gasteiger partial charge is 0.489 e. The average molecular weight is 454 g/mol. The summed E-state index contributed by atoms with van der Waals surface area (Å²) in [7, 11) is 1.81. The predicted molar refractivity (Wildman–Crippen MR) is 125 cm³/mol. The standard InChI is InChI=1S/C26H35N3O4/c1-16-10-13-22(25(30)27-16)29-15-17-14-18(11-12-19(17)26(29)31)33-24-8-4-3-6-21(24)28-20-7-5-9-23(20)32-2/h11-12,14,20-24,28H,1,3-10,13,15H2,2H3,(H,27,30)/t20-,21-,22?,23-,24-/m1/s1. The lowest BCUT2D eigenvalue weighted by Gasteiger charge is -2.35. The molecule has 0 bridgehead atoms. The van der Waals surface area contributed by atoms with Crippen LogP contribution in [0.25, 0.3) is 0 Å². The van der Waals surface area contributed by atoms with Crippen molar-refractivity contribution in [1.29, 1.82) is 0 Å². The molecular weight excluding hydrogens is 418 g/mol. The number of rotatable bonds is 6. The van der Waals surface area contributed by atoms with Gasteiger partial charge in [0.25, 0.3) is 5.91 Å². The van der Waals surface area contributed by atoms with E-state index >= 15 is 0 Å². The third-order valence-electron chi connectivity index (χ3n) is 7.78. The van der Waals surface area contributed by atoms with E-state index in [1.807, 2.05) is 25.3 Å². The van der Waals surface area contributed by atoms with Crippen LogP contribution in [0.4, 0.5) is 0 Å². The molecular formula is C26H35N3O4. The summed E-state index contributed by atoms with van der Waals surface area (Å²) in [6.07, 6.45) is 9.71. The summed E-state index contributed by atoms with van der Waals surface area (Å²) in [6, 6.07) is 6.02. The van der Waals surface area contributed by atoms with E-state index in [9.17, 15) is 9.59 Å². The van der Waals surface area contributed by atoms with Crippen molar-refractivity contribution >= 4 is 11.8 Å². The number of carbonyl (C=O) groups excluding carboxylic acids is 2. The first-order valence-electron chi connectivity index (χ1n) is 12.4. The Hall–Kier alpha value is -2.38. The van der Waals surface area contributed by atoms with Crippen LogP contribution in [0.1, 0.15) is 73.7 Å². The van der Waals surface area contributed by atoms with Gasteiger partial charge in [0, 0.05) is 37.0 Å². The van der Waals surface area contributed by atoms with Gasteiger partial charge in [-0.1, -0.05) is 13.0 Å². The first-order chi connectivity index (χ1) is 16.0. The van der Waals surface area contributed by atoms with Gasteiger partial charge in [-0.3, -0.25) is 9.59 Å². The van der Waals surface area contributed by atoms with E-state index in [0.29, 0.717) is 43.1 Å². The Morgan fingerprint density at radius 1 is 1.03 bits per heavy atom. The van der Waals surface area contributed by atoms with Crippen LogP contribution in [-0.4, -0.2) is 54.2 Å². The summed E-state index contributed by atoms with van der Waals surface area (Å²) in [4.78, 5) is 27.1. The molecule has 4 aliphatic rings. The van der Waals surface area contributed by atoms with Gasteiger partial charge in [0.15, 0.2) is 0 Å². The molecule has 7 nitrogen and oxygen atoms in total. The van der Waals surface area contributed by atoms with Gasteiger partial charge in [-0.05, 0) is 75.1 Å². The summed E-state index contributed by atoms with van der Waals surface area (Å²) in [5, 5.41) is 6.64. The van der Waals surface area contributed by atoms with Crippen LogP contribution in [0, 0.1) is 0 Å². The number of hydrogen-bond donors (Lipinski definition) is 2.